The standard InChI is InChI=1S/4CH2O3.CH4/c4*2-1(3)4;/h4*(H2,2,3,4);1H4. The highest BCUT2D eigenvalue weighted by Gasteiger charge is 1.71. The molecule has 8 N–H and O–H groups in total. The molecule has 0 aliphatic carbocycles. The zero-order chi connectivity index (χ0) is 14.3. The summed E-state index contributed by atoms with van der Waals surface area (Å²) < 4.78 is 0. The molecule has 0 aliphatic rings. The van der Waals surface area contributed by atoms with Gasteiger partial charge in [0.15, 0.2) is 0 Å². The molecule has 0 bridgehead atoms. The van der Waals surface area contributed by atoms with Gasteiger partial charge in [0.1, 0.15) is 0 Å². The summed E-state index contributed by atoms with van der Waals surface area (Å²) in [4.78, 5) is 34.2. The maximum Gasteiger partial charge on any atom is 0.503 e. The van der Waals surface area contributed by atoms with Crippen molar-refractivity contribution in [1.82, 2.24) is 0 Å². The van der Waals surface area contributed by atoms with E-state index < -0.39 is 24.6 Å². The molecular weight excluding hydrogens is 252 g/mol. The molecule has 0 heterocycles. The van der Waals surface area contributed by atoms with Gasteiger partial charge in [0.2, 0.25) is 0 Å². The van der Waals surface area contributed by atoms with E-state index in [0.717, 1.165) is 0 Å². The van der Waals surface area contributed by atoms with E-state index >= 15 is 0 Å². The van der Waals surface area contributed by atoms with E-state index in [4.69, 9.17) is 60.0 Å². The number of carbonyl (C=O) groups is 4. The second kappa shape index (κ2) is 23.2. The lowest BCUT2D eigenvalue weighted by Crippen LogP contribution is -1.81. The molecule has 0 aromatic carbocycles. The maximum atomic E-state index is 8.56. The SMILES string of the molecule is C.O=C(O)O.O=C(O)O.O=C(O)O.O=C(O)O. The summed E-state index contributed by atoms with van der Waals surface area (Å²) in [5, 5.41) is 55.8. The second-order valence-electron chi connectivity index (χ2n) is 1.13. The smallest absolute Gasteiger partial charge is 0.450 e. The second-order valence-corrected chi connectivity index (χ2v) is 1.13. The third kappa shape index (κ3) is 188. The molecule has 0 saturated carbocycles. The Bertz CT molecular complexity index is 155. The maximum absolute atomic E-state index is 8.56. The Morgan fingerprint density at radius 3 is 0.412 bits per heavy atom. The molecule has 0 spiro atoms. The molecule has 0 saturated heterocycles. The number of rotatable bonds is 0. The quantitative estimate of drug-likeness (QED) is 0.311. The zero-order valence-corrected chi connectivity index (χ0v) is 7.21. The van der Waals surface area contributed by atoms with Crippen molar-refractivity contribution in [3.63, 3.8) is 0 Å². The lowest BCUT2D eigenvalue weighted by Gasteiger charge is -1.60. The van der Waals surface area contributed by atoms with Crippen molar-refractivity contribution < 1.29 is 60.0 Å². The Hall–Kier alpha value is -2.92. The largest absolute Gasteiger partial charge is 0.503 e. The van der Waals surface area contributed by atoms with Crippen LogP contribution in [0.25, 0.3) is 0 Å². The molecule has 12 heteroatoms. The number of carboxylic acid groups (broad SMARTS) is 8. The third-order valence-corrected chi connectivity index (χ3v) is 0. The molecule has 0 unspecified atom stereocenters. The number of hydrogen-bond donors (Lipinski definition) is 8. The van der Waals surface area contributed by atoms with Crippen molar-refractivity contribution in [2.45, 2.75) is 7.43 Å². The lowest BCUT2D eigenvalue weighted by molar-refractivity contribution is 0.135. The Balaban J connectivity index is -0.0000000369. The molecule has 0 aliphatic heterocycles. The summed E-state index contributed by atoms with van der Waals surface area (Å²) in [6, 6.07) is 0. The van der Waals surface area contributed by atoms with Crippen LogP contribution in [0.5, 0.6) is 0 Å². The summed E-state index contributed by atoms with van der Waals surface area (Å²) in [5.74, 6) is 0. The van der Waals surface area contributed by atoms with Crippen LogP contribution in [0.15, 0.2) is 0 Å². The van der Waals surface area contributed by atoms with Gasteiger partial charge >= 0.3 is 24.6 Å². The van der Waals surface area contributed by atoms with E-state index in [9.17, 15) is 0 Å². The van der Waals surface area contributed by atoms with Crippen molar-refractivity contribution >= 4 is 24.6 Å². The topological polar surface area (TPSA) is 230 Å². The predicted octanol–water partition coefficient (Wildman–Crippen LogP) is 1.53. The summed E-state index contributed by atoms with van der Waals surface area (Å²) in [7, 11) is 0. The molecule has 104 valence electrons. The summed E-state index contributed by atoms with van der Waals surface area (Å²) in [6.07, 6.45) is -7.33. The number of hydrogen-bond acceptors (Lipinski definition) is 4. The molecule has 0 amide bonds. The minimum atomic E-state index is -1.83. The molecule has 12 nitrogen and oxygen atoms in total. The average Bonchev–Trinajstić information content (AvgIpc) is 1.76. The van der Waals surface area contributed by atoms with Gasteiger partial charge in [-0.25, -0.2) is 19.2 Å². The van der Waals surface area contributed by atoms with Crippen LogP contribution >= 0.6 is 0 Å². The van der Waals surface area contributed by atoms with Crippen molar-refractivity contribution in [3.8, 4) is 0 Å². The van der Waals surface area contributed by atoms with Crippen LogP contribution in [0, 0.1) is 0 Å². The van der Waals surface area contributed by atoms with Gasteiger partial charge in [-0.2, -0.15) is 0 Å². The first-order valence-corrected chi connectivity index (χ1v) is 2.61. The molecule has 0 aromatic heterocycles. The van der Waals surface area contributed by atoms with Crippen molar-refractivity contribution in [3.05, 3.63) is 0 Å². The van der Waals surface area contributed by atoms with Gasteiger partial charge in [0.25, 0.3) is 0 Å². The zero-order valence-electron chi connectivity index (χ0n) is 7.21. The Labute approximate surface area is 93.2 Å². The summed E-state index contributed by atoms with van der Waals surface area (Å²) in [6.45, 7) is 0. The van der Waals surface area contributed by atoms with Crippen LogP contribution in [0.2, 0.25) is 0 Å². The van der Waals surface area contributed by atoms with Crippen molar-refractivity contribution in [2.24, 2.45) is 0 Å². The molecule has 0 radical (unpaired) electrons. The van der Waals surface area contributed by atoms with E-state index in [-0.39, 0.29) is 7.43 Å². The van der Waals surface area contributed by atoms with E-state index in [2.05, 4.69) is 0 Å². The van der Waals surface area contributed by atoms with Gasteiger partial charge in [-0.1, -0.05) is 7.43 Å². The lowest BCUT2D eigenvalue weighted by atomic mass is 11.5. The van der Waals surface area contributed by atoms with Gasteiger partial charge in [-0.15, -0.1) is 0 Å². The highest BCUT2D eigenvalue weighted by molar-refractivity contribution is 5.54. The van der Waals surface area contributed by atoms with Crippen LogP contribution in [0.1, 0.15) is 7.43 Å². The first kappa shape index (κ1) is 29.2. The van der Waals surface area contributed by atoms with E-state index in [1.165, 1.54) is 0 Å². The first-order valence-electron chi connectivity index (χ1n) is 2.61. The highest BCUT2D eigenvalue weighted by atomic mass is 16.6. The predicted molar refractivity (Wildman–Crippen MR) is 49.3 cm³/mol. The van der Waals surface area contributed by atoms with Gasteiger partial charge in [-0.3, -0.25) is 0 Å². The minimum absolute atomic E-state index is 0. The fourth-order valence-electron chi connectivity index (χ4n) is 0. The van der Waals surface area contributed by atoms with Gasteiger partial charge in [0, 0.05) is 0 Å². The van der Waals surface area contributed by atoms with E-state index in [1.54, 1.807) is 0 Å². The molecule has 0 atom stereocenters. The van der Waals surface area contributed by atoms with Crippen LogP contribution in [-0.4, -0.2) is 65.5 Å². The molecule has 0 aromatic rings. The highest BCUT2D eigenvalue weighted by Crippen LogP contribution is 1.43. The Morgan fingerprint density at radius 1 is 0.412 bits per heavy atom. The normalized spacial score (nSPS) is 5.65. The van der Waals surface area contributed by atoms with Gasteiger partial charge in [0.05, 0.1) is 0 Å². The van der Waals surface area contributed by atoms with Crippen LogP contribution in [-0.2, 0) is 0 Å². The molecule has 17 heavy (non-hydrogen) atoms. The molecule has 0 rings (SSSR count). The molecule has 0 fully saturated rings. The van der Waals surface area contributed by atoms with Crippen molar-refractivity contribution in [1.29, 1.82) is 0 Å². The summed E-state index contributed by atoms with van der Waals surface area (Å²) in [5.41, 5.74) is 0. The monoisotopic (exact) mass is 264 g/mol. The Kier molecular flexibility index (Phi) is 39.8. The fraction of sp³-hybridized carbons (Fsp3) is 0.200. The fourth-order valence-corrected chi connectivity index (χ4v) is 0. The van der Waals surface area contributed by atoms with Crippen LogP contribution < -0.4 is 0 Å². The average molecular weight is 264 g/mol. The van der Waals surface area contributed by atoms with Crippen LogP contribution in [0.3, 0.4) is 0 Å². The summed E-state index contributed by atoms with van der Waals surface area (Å²) >= 11 is 0. The van der Waals surface area contributed by atoms with E-state index in [0.29, 0.717) is 0 Å². The molecular formula is C5H12O12. The Morgan fingerprint density at radius 2 is 0.412 bits per heavy atom. The van der Waals surface area contributed by atoms with Gasteiger partial charge in [-0.05, 0) is 0 Å². The first-order chi connectivity index (χ1) is 6.93. The van der Waals surface area contributed by atoms with Crippen LogP contribution in [0.4, 0.5) is 19.2 Å². The van der Waals surface area contributed by atoms with Gasteiger partial charge < -0.3 is 40.9 Å². The van der Waals surface area contributed by atoms with Crippen molar-refractivity contribution in [2.75, 3.05) is 0 Å². The van der Waals surface area contributed by atoms with E-state index in [1.807, 2.05) is 0 Å². The minimum Gasteiger partial charge on any atom is -0.450 e. The third-order valence-electron chi connectivity index (χ3n) is 0.